The minimum Gasteiger partial charge on any atom is -0.381 e. The van der Waals surface area contributed by atoms with Crippen LogP contribution >= 0.6 is 11.6 Å². The summed E-state index contributed by atoms with van der Waals surface area (Å²) in [5, 5.41) is 0. The maximum atomic E-state index is 6.03. The number of imidazole rings is 1. The molecular weight excluding hydrogens is 248 g/mol. The number of rotatable bonds is 3. The monoisotopic (exact) mass is 264 g/mol. The number of aryl methyl sites for hydroxylation is 1. The second kappa shape index (κ2) is 4.90. The molecule has 0 amide bonds. The zero-order chi connectivity index (χ0) is 12.5. The molecule has 2 heterocycles. The molecule has 1 aromatic heterocycles. The number of nitrogens with zero attached hydrogens (tertiary/aromatic N) is 2. The molecule has 1 aromatic carbocycles. The van der Waals surface area contributed by atoms with Crippen LogP contribution in [0.25, 0.3) is 11.0 Å². The summed E-state index contributed by atoms with van der Waals surface area (Å²) < 4.78 is 7.71. The zero-order valence-electron chi connectivity index (χ0n) is 10.5. The van der Waals surface area contributed by atoms with Crippen LogP contribution in [-0.2, 0) is 17.2 Å². The Morgan fingerprint density at radius 3 is 3.11 bits per heavy atom. The van der Waals surface area contributed by atoms with Crippen molar-refractivity contribution in [3.63, 3.8) is 0 Å². The molecule has 18 heavy (non-hydrogen) atoms. The number of halogens is 1. The lowest BCUT2D eigenvalue weighted by molar-refractivity contribution is 0.182. The first-order chi connectivity index (χ1) is 8.79. The number of ether oxygens (including phenoxy) is 1. The van der Waals surface area contributed by atoms with Crippen molar-refractivity contribution in [1.82, 2.24) is 9.55 Å². The number of fused-ring (bicyclic) bond motifs is 1. The van der Waals surface area contributed by atoms with E-state index in [-0.39, 0.29) is 0 Å². The molecule has 0 spiro atoms. The van der Waals surface area contributed by atoms with Crippen LogP contribution in [0.1, 0.15) is 17.8 Å². The van der Waals surface area contributed by atoms with Crippen LogP contribution in [0.3, 0.4) is 0 Å². The van der Waals surface area contributed by atoms with Gasteiger partial charge in [-0.2, -0.15) is 0 Å². The molecule has 1 atom stereocenters. The van der Waals surface area contributed by atoms with E-state index in [9.17, 15) is 0 Å². The number of hydrogen-bond donors (Lipinski definition) is 0. The van der Waals surface area contributed by atoms with Crippen molar-refractivity contribution < 1.29 is 4.74 Å². The second-order valence-corrected chi connectivity index (χ2v) is 5.21. The fourth-order valence-electron chi connectivity index (χ4n) is 2.63. The largest absolute Gasteiger partial charge is 0.381 e. The van der Waals surface area contributed by atoms with Gasteiger partial charge in [-0.3, -0.25) is 0 Å². The lowest BCUT2D eigenvalue weighted by Gasteiger charge is -2.12. The van der Waals surface area contributed by atoms with E-state index in [1.54, 1.807) is 0 Å². The van der Waals surface area contributed by atoms with Gasteiger partial charge in [-0.05, 0) is 25.0 Å². The van der Waals surface area contributed by atoms with Crippen molar-refractivity contribution in [2.24, 2.45) is 5.92 Å². The summed E-state index contributed by atoms with van der Waals surface area (Å²) in [4.78, 5) is 4.66. The third-order valence-corrected chi connectivity index (χ3v) is 3.88. The van der Waals surface area contributed by atoms with Gasteiger partial charge in [-0.1, -0.05) is 12.1 Å². The first kappa shape index (κ1) is 12.0. The average molecular weight is 265 g/mol. The van der Waals surface area contributed by atoms with E-state index in [4.69, 9.17) is 16.3 Å². The molecule has 96 valence electrons. The normalized spacial score (nSPS) is 19.8. The molecule has 0 bridgehead atoms. The minimum atomic E-state index is 0.460. The first-order valence-electron chi connectivity index (χ1n) is 6.38. The predicted molar refractivity (Wildman–Crippen MR) is 73.0 cm³/mol. The van der Waals surface area contributed by atoms with Crippen molar-refractivity contribution in [1.29, 1.82) is 0 Å². The van der Waals surface area contributed by atoms with Crippen LogP contribution in [0.5, 0.6) is 0 Å². The summed E-state index contributed by atoms with van der Waals surface area (Å²) in [6.45, 7) is 4.79. The van der Waals surface area contributed by atoms with Crippen molar-refractivity contribution in [2.45, 2.75) is 25.8 Å². The number of aromatic nitrogens is 2. The van der Waals surface area contributed by atoms with Crippen molar-refractivity contribution in [2.75, 3.05) is 13.2 Å². The molecule has 2 aromatic rings. The molecule has 3 nitrogen and oxygen atoms in total. The lowest BCUT2D eigenvalue weighted by atomic mass is 10.1. The highest BCUT2D eigenvalue weighted by molar-refractivity contribution is 6.16. The molecule has 4 heteroatoms. The molecule has 3 rings (SSSR count). The van der Waals surface area contributed by atoms with Crippen molar-refractivity contribution in [3.8, 4) is 0 Å². The summed E-state index contributed by atoms with van der Waals surface area (Å²) in [6.07, 6.45) is 1.13. The predicted octanol–water partition coefficient (Wildman–Crippen LogP) is 3.12. The van der Waals surface area contributed by atoms with E-state index in [1.807, 2.05) is 0 Å². The number of para-hydroxylation sites is 1. The molecule has 0 radical (unpaired) electrons. The zero-order valence-corrected chi connectivity index (χ0v) is 11.3. The SMILES string of the molecule is Cc1cccc2c1nc(CCl)n2CC1CCOC1. The maximum Gasteiger partial charge on any atom is 0.124 e. The molecule has 1 fully saturated rings. The Morgan fingerprint density at radius 1 is 1.50 bits per heavy atom. The van der Waals surface area contributed by atoms with Gasteiger partial charge in [0.1, 0.15) is 5.82 Å². The highest BCUT2D eigenvalue weighted by Crippen LogP contribution is 2.24. The van der Waals surface area contributed by atoms with Crippen LogP contribution in [-0.4, -0.2) is 22.8 Å². The van der Waals surface area contributed by atoms with Crippen LogP contribution in [0.4, 0.5) is 0 Å². The smallest absolute Gasteiger partial charge is 0.124 e. The lowest BCUT2D eigenvalue weighted by Crippen LogP contribution is -2.12. The van der Waals surface area contributed by atoms with Crippen LogP contribution in [0.2, 0.25) is 0 Å². The fourth-order valence-corrected chi connectivity index (χ4v) is 2.83. The van der Waals surface area contributed by atoms with Crippen molar-refractivity contribution >= 4 is 22.6 Å². The number of benzene rings is 1. The topological polar surface area (TPSA) is 27.1 Å². The van der Waals surface area contributed by atoms with Crippen LogP contribution in [0, 0.1) is 12.8 Å². The van der Waals surface area contributed by atoms with Gasteiger partial charge in [0.15, 0.2) is 0 Å². The molecule has 1 aliphatic heterocycles. The first-order valence-corrected chi connectivity index (χ1v) is 6.91. The highest BCUT2D eigenvalue weighted by Gasteiger charge is 2.19. The van der Waals surface area contributed by atoms with Crippen molar-refractivity contribution in [3.05, 3.63) is 29.6 Å². The summed E-state index contributed by atoms with van der Waals surface area (Å²) in [5.74, 6) is 2.01. The van der Waals surface area contributed by atoms with E-state index < -0.39 is 0 Å². The molecular formula is C14H17ClN2O. The van der Waals surface area contributed by atoms with E-state index >= 15 is 0 Å². The standard InChI is InChI=1S/C14H17ClN2O/c1-10-3-2-4-12-14(10)16-13(7-15)17(12)8-11-5-6-18-9-11/h2-4,11H,5-9H2,1H3. The average Bonchev–Trinajstić information content (AvgIpc) is 2.99. The Labute approximate surface area is 112 Å². The third kappa shape index (κ3) is 2.02. The Hall–Kier alpha value is -1.06. The van der Waals surface area contributed by atoms with Gasteiger partial charge in [-0.25, -0.2) is 4.98 Å². The Morgan fingerprint density at radius 2 is 2.39 bits per heavy atom. The van der Waals surface area contributed by atoms with E-state index in [0.29, 0.717) is 11.8 Å². The highest BCUT2D eigenvalue weighted by atomic mass is 35.5. The van der Waals surface area contributed by atoms with Crippen LogP contribution in [0.15, 0.2) is 18.2 Å². The Kier molecular flexibility index (Phi) is 3.27. The fraction of sp³-hybridized carbons (Fsp3) is 0.500. The van der Waals surface area contributed by atoms with Gasteiger partial charge in [0.25, 0.3) is 0 Å². The van der Waals surface area contributed by atoms with E-state index in [2.05, 4.69) is 34.7 Å². The van der Waals surface area contributed by atoms with E-state index in [1.165, 1.54) is 11.1 Å². The summed E-state index contributed by atoms with van der Waals surface area (Å²) in [7, 11) is 0. The van der Waals surface area contributed by atoms with Gasteiger partial charge in [-0.15, -0.1) is 11.6 Å². The summed E-state index contributed by atoms with van der Waals surface area (Å²) in [5.41, 5.74) is 3.48. The Bertz CT molecular complexity index is 558. The maximum absolute atomic E-state index is 6.03. The van der Waals surface area contributed by atoms with Gasteiger partial charge < -0.3 is 9.30 Å². The second-order valence-electron chi connectivity index (χ2n) is 4.94. The molecule has 1 unspecified atom stereocenters. The van der Waals surface area contributed by atoms with Gasteiger partial charge in [0.05, 0.1) is 23.5 Å². The molecule has 0 aliphatic carbocycles. The minimum absolute atomic E-state index is 0.460. The molecule has 0 N–H and O–H groups in total. The van der Waals surface area contributed by atoms with Gasteiger partial charge >= 0.3 is 0 Å². The van der Waals surface area contributed by atoms with Gasteiger partial charge in [0.2, 0.25) is 0 Å². The Balaban J connectivity index is 2.04. The van der Waals surface area contributed by atoms with Crippen LogP contribution < -0.4 is 0 Å². The summed E-state index contributed by atoms with van der Waals surface area (Å²) >= 11 is 6.03. The van der Waals surface area contributed by atoms with Gasteiger partial charge in [0, 0.05) is 19.1 Å². The van der Waals surface area contributed by atoms with E-state index in [0.717, 1.165) is 37.5 Å². The number of hydrogen-bond acceptors (Lipinski definition) is 2. The molecule has 0 saturated carbocycles. The number of alkyl halides is 1. The summed E-state index contributed by atoms with van der Waals surface area (Å²) in [6, 6.07) is 6.30. The third-order valence-electron chi connectivity index (χ3n) is 3.64. The quantitative estimate of drug-likeness (QED) is 0.797. The molecule has 1 saturated heterocycles. The molecule has 1 aliphatic rings.